The lowest BCUT2D eigenvalue weighted by Crippen LogP contribution is -1.97. The SMILES string of the molecule is Cc1cc(CN)cc(C)c1Br.Cl. The molecule has 0 aromatic heterocycles. The monoisotopic (exact) mass is 249 g/mol. The highest BCUT2D eigenvalue weighted by atomic mass is 79.9. The summed E-state index contributed by atoms with van der Waals surface area (Å²) in [5.74, 6) is 0. The van der Waals surface area contributed by atoms with Gasteiger partial charge in [-0.05, 0) is 30.5 Å². The maximum atomic E-state index is 5.52. The highest BCUT2D eigenvalue weighted by Crippen LogP contribution is 2.21. The minimum Gasteiger partial charge on any atom is -0.326 e. The van der Waals surface area contributed by atoms with E-state index in [1.165, 1.54) is 21.2 Å². The van der Waals surface area contributed by atoms with Crippen LogP contribution in [0.25, 0.3) is 0 Å². The second-order valence-corrected chi connectivity index (χ2v) is 3.54. The largest absolute Gasteiger partial charge is 0.326 e. The summed E-state index contributed by atoms with van der Waals surface area (Å²) in [4.78, 5) is 0. The summed E-state index contributed by atoms with van der Waals surface area (Å²) >= 11 is 3.50. The summed E-state index contributed by atoms with van der Waals surface area (Å²) in [7, 11) is 0. The van der Waals surface area contributed by atoms with E-state index in [1.807, 2.05) is 0 Å². The predicted molar refractivity (Wildman–Crippen MR) is 58.8 cm³/mol. The summed E-state index contributed by atoms with van der Waals surface area (Å²) in [6.45, 7) is 4.78. The topological polar surface area (TPSA) is 26.0 Å². The molecule has 3 heteroatoms. The summed E-state index contributed by atoms with van der Waals surface area (Å²) in [5.41, 5.74) is 9.23. The van der Waals surface area contributed by atoms with Crippen molar-refractivity contribution in [3.8, 4) is 0 Å². The molecule has 0 aliphatic heterocycles. The number of hydrogen-bond donors (Lipinski definition) is 1. The number of hydrogen-bond acceptors (Lipinski definition) is 1. The van der Waals surface area contributed by atoms with E-state index in [0.717, 1.165) is 0 Å². The average molecular weight is 251 g/mol. The Labute approximate surface area is 87.9 Å². The van der Waals surface area contributed by atoms with Crippen molar-refractivity contribution >= 4 is 28.3 Å². The molecule has 0 radical (unpaired) electrons. The molecule has 0 aliphatic rings. The smallest absolute Gasteiger partial charge is 0.0233 e. The normalized spacial score (nSPS) is 9.33. The number of rotatable bonds is 1. The van der Waals surface area contributed by atoms with E-state index >= 15 is 0 Å². The van der Waals surface area contributed by atoms with Crippen LogP contribution in [0.4, 0.5) is 0 Å². The molecule has 0 fully saturated rings. The molecule has 1 aromatic rings. The number of benzene rings is 1. The molecule has 0 saturated carbocycles. The van der Waals surface area contributed by atoms with Gasteiger partial charge in [-0.3, -0.25) is 0 Å². The zero-order valence-corrected chi connectivity index (χ0v) is 9.63. The molecule has 1 aromatic carbocycles. The summed E-state index contributed by atoms with van der Waals surface area (Å²) in [5, 5.41) is 0. The molecule has 0 heterocycles. The minimum atomic E-state index is 0. The van der Waals surface area contributed by atoms with Crippen molar-refractivity contribution in [3.63, 3.8) is 0 Å². The highest BCUT2D eigenvalue weighted by Gasteiger charge is 1.99. The summed E-state index contributed by atoms with van der Waals surface area (Å²) in [6, 6.07) is 4.22. The van der Waals surface area contributed by atoms with Crippen LogP contribution in [0.2, 0.25) is 0 Å². The molecule has 0 atom stereocenters. The highest BCUT2D eigenvalue weighted by molar-refractivity contribution is 9.10. The van der Waals surface area contributed by atoms with Gasteiger partial charge in [0, 0.05) is 11.0 Å². The van der Waals surface area contributed by atoms with E-state index in [1.54, 1.807) is 0 Å². The molecule has 0 amide bonds. The fourth-order valence-electron chi connectivity index (χ4n) is 1.15. The summed E-state index contributed by atoms with van der Waals surface area (Å²) < 4.78 is 1.19. The van der Waals surface area contributed by atoms with E-state index in [9.17, 15) is 0 Å². The van der Waals surface area contributed by atoms with Crippen molar-refractivity contribution in [2.75, 3.05) is 0 Å². The Kier molecular flexibility index (Phi) is 4.83. The van der Waals surface area contributed by atoms with Crippen molar-refractivity contribution in [1.29, 1.82) is 0 Å². The minimum absolute atomic E-state index is 0. The quantitative estimate of drug-likeness (QED) is 0.815. The first-order chi connectivity index (χ1) is 5.15. The van der Waals surface area contributed by atoms with Crippen molar-refractivity contribution < 1.29 is 0 Å². The lowest BCUT2D eigenvalue weighted by Gasteiger charge is -2.05. The molecule has 0 bridgehead atoms. The number of nitrogens with two attached hydrogens (primary N) is 1. The number of aryl methyl sites for hydroxylation is 2. The molecule has 2 N–H and O–H groups in total. The third kappa shape index (κ3) is 2.47. The van der Waals surface area contributed by atoms with Gasteiger partial charge in [0.15, 0.2) is 0 Å². The van der Waals surface area contributed by atoms with Crippen LogP contribution in [-0.2, 0) is 6.54 Å². The van der Waals surface area contributed by atoms with E-state index in [2.05, 4.69) is 41.9 Å². The Morgan fingerprint density at radius 1 is 1.25 bits per heavy atom. The van der Waals surface area contributed by atoms with Gasteiger partial charge in [0.25, 0.3) is 0 Å². The van der Waals surface area contributed by atoms with Gasteiger partial charge in [0.05, 0.1) is 0 Å². The van der Waals surface area contributed by atoms with Crippen LogP contribution in [0.15, 0.2) is 16.6 Å². The predicted octanol–water partition coefficient (Wildman–Crippen LogP) is 2.95. The summed E-state index contributed by atoms with van der Waals surface area (Å²) in [6.07, 6.45) is 0. The molecule has 1 rings (SSSR count). The third-order valence-electron chi connectivity index (χ3n) is 1.73. The van der Waals surface area contributed by atoms with E-state index in [-0.39, 0.29) is 12.4 Å². The van der Waals surface area contributed by atoms with Crippen molar-refractivity contribution in [2.45, 2.75) is 20.4 Å². The number of halogens is 2. The van der Waals surface area contributed by atoms with Crippen molar-refractivity contribution in [2.24, 2.45) is 5.73 Å². The van der Waals surface area contributed by atoms with Gasteiger partial charge in [-0.25, -0.2) is 0 Å². The third-order valence-corrected chi connectivity index (χ3v) is 2.98. The van der Waals surface area contributed by atoms with Crippen LogP contribution in [0.1, 0.15) is 16.7 Å². The Bertz CT molecular complexity index is 250. The van der Waals surface area contributed by atoms with E-state index in [4.69, 9.17) is 5.73 Å². The van der Waals surface area contributed by atoms with Crippen LogP contribution < -0.4 is 5.73 Å². The first kappa shape index (κ1) is 11.9. The van der Waals surface area contributed by atoms with E-state index < -0.39 is 0 Å². The molecule has 0 spiro atoms. The molecular formula is C9H13BrClN. The van der Waals surface area contributed by atoms with Gasteiger partial charge in [0.1, 0.15) is 0 Å². The van der Waals surface area contributed by atoms with E-state index in [0.29, 0.717) is 6.54 Å². The van der Waals surface area contributed by atoms with Gasteiger partial charge in [-0.2, -0.15) is 0 Å². The van der Waals surface area contributed by atoms with Crippen LogP contribution in [0.5, 0.6) is 0 Å². The van der Waals surface area contributed by atoms with Gasteiger partial charge in [0.2, 0.25) is 0 Å². The molecule has 0 aliphatic carbocycles. The zero-order valence-electron chi connectivity index (χ0n) is 7.23. The second kappa shape index (κ2) is 4.85. The molecule has 0 unspecified atom stereocenters. The maximum Gasteiger partial charge on any atom is 0.0233 e. The lowest BCUT2D eigenvalue weighted by atomic mass is 10.1. The van der Waals surface area contributed by atoms with Crippen LogP contribution in [0.3, 0.4) is 0 Å². The second-order valence-electron chi connectivity index (χ2n) is 2.75. The molecule has 0 saturated heterocycles. The maximum absolute atomic E-state index is 5.52. The molecule has 1 nitrogen and oxygen atoms in total. The molecular weight excluding hydrogens is 237 g/mol. The Balaban J connectivity index is 0.00000121. The fourth-order valence-corrected chi connectivity index (χ4v) is 1.38. The standard InChI is InChI=1S/C9H12BrN.ClH/c1-6-3-8(5-11)4-7(2)9(6)10;/h3-4H,5,11H2,1-2H3;1H. The zero-order chi connectivity index (χ0) is 8.43. The van der Waals surface area contributed by atoms with Gasteiger partial charge in [-0.1, -0.05) is 28.1 Å². The Morgan fingerprint density at radius 3 is 2.00 bits per heavy atom. The van der Waals surface area contributed by atoms with Crippen LogP contribution >= 0.6 is 28.3 Å². The Morgan fingerprint density at radius 2 is 1.67 bits per heavy atom. The van der Waals surface area contributed by atoms with Gasteiger partial charge >= 0.3 is 0 Å². The average Bonchev–Trinajstić information content (AvgIpc) is 1.99. The van der Waals surface area contributed by atoms with Crippen molar-refractivity contribution in [3.05, 3.63) is 33.3 Å². The van der Waals surface area contributed by atoms with Gasteiger partial charge < -0.3 is 5.73 Å². The van der Waals surface area contributed by atoms with Crippen LogP contribution in [0, 0.1) is 13.8 Å². The van der Waals surface area contributed by atoms with Crippen LogP contribution in [-0.4, -0.2) is 0 Å². The molecule has 12 heavy (non-hydrogen) atoms. The van der Waals surface area contributed by atoms with Gasteiger partial charge in [-0.15, -0.1) is 12.4 Å². The Hall–Kier alpha value is -0.0500. The first-order valence-electron chi connectivity index (χ1n) is 3.61. The fraction of sp³-hybridized carbons (Fsp3) is 0.333. The lowest BCUT2D eigenvalue weighted by molar-refractivity contribution is 1.06. The molecule has 68 valence electrons. The van der Waals surface area contributed by atoms with Crippen molar-refractivity contribution in [1.82, 2.24) is 0 Å². The first-order valence-corrected chi connectivity index (χ1v) is 4.40.